The predicted octanol–water partition coefficient (Wildman–Crippen LogP) is 2.10. The van der Waals surface area contributed by atoms with Crippen molar-refractivity contribution in [1.29, 1.82) is 0 Å². The van der Waals surface area contributed by atoms with E-state index < -0.39 is 18.0 Å². The highest BCUT2D eigenvalue weighted by atomic mass is 16.6. The summed E-state index contributed by atoms with van der Waals surface area (Å²) in [6.45, 7) is 10.8. The van der Waals surface area contributed by atoms with Gasteiger partial charge in [-0.15, -0.1) is 0 Å². The van der Waals surface area contributed by atoms with Crippen LogP contribution in [0.2, 0.25) is 0 Å². The third-order valence-electron chi connectivity index (χ3n) is 4.37. The SMILES string of the molecule is C=[N+](/C=C\C=C(/C)C(=O)N[C@H](C(N)=O)C(C)C)COC(=O)N[C@@H](C)Cc1ccccc1. The number of carbonyl (C=O) groups is 3. The summed E-state index contributed by atoms with van der Waals surface area (Å²) in [5.74, 6) is -1.08. The zero-order chi connectivity index (χ0) is 23.4. The van der Waals surface area contributed by atoms with Gasteiger partial charge in [-0.05, 0) is 37.8 Å². The van der Waals surface area contributed by atoms with Crippen molar-refractivity contribution in [2.75, 3.05) is 6.73 Å². The first kappa shape index (κ1) is 25.6. The molecule has 8 heteroatoms. The van der Waals surface area contributed by atoms with Gasteiger partial charge in [0.1, 0.15) is 12.8 Å². The van der Waals surface area contributed by atoms with E-state index in [9.17, 15) is 14.4 Å². The van der Waals surface area contributed by atoms with Crippen LogP contribution in [0.15, 0.2) is 54.3 Å². The number of alkyl carbamates (subject to hydrolysis) is 1. The maximum Gasteiger partial charge on any atom is 0.412 e. The zero-order valence-corrected chi connectivity index (χ0v) is 18.6. The van der Waals surface area contributed by atoms with Gasteiger partial charge in [0.2, 0.25) is 11.8 Å². The monoisotopic (exact) mass is 429 g/mol. The number of nitrogens with one attached hydrogen (secondary N) is 2. The van der Waals surface area contributed by atoms with Gasteiger partial charge in [-0.25, -0.2) is 4.79 Å². The molecule has 0 fully saturated rings. The summed E-state index contributed by atoms with van der Waals surface area (Å²) in [4.78, 5) is 35.5. The molecule has 168 valence electrons. The molecule has 0 heterocycles. The normalized spacial score (nSPS) is 13.5. The third kappa shape index (κ3) is 10.3. The summed E-state index contributed by atoms with van der Waals surface area (Å²) in [6, 6.07) is 9.03. The summed E-state index contributed by atoms with van der Waals surface area (Å²) in [5, 5.41) is 5.37. The summed E-state index contributed by atoms with van der Waals surface area (Å²) in [6.07, 6.45) is 4.88. The number of nitrogens with zero attached hydrogens (tertiary/aromatic N) is 1. The molecule has 0 saturated heterocycles. The maximum atomic E-state index is 12.2. The number of ether oxygens (including phenoxy) is 1. The fourth-order valence-corrected chi connectivity index (χ4v) is 2.65. The van der Waals surface area contributed by atoms with Crippen molar-refractivity contribution in [3.05, 3.63) is 59.8 Å². The third-order valence-corrected chi connectivity index (χ3v) is 4.37. The molecule has 0 radical (unpaired) electrons. The van der Waals surface area contributed by atoms with Crippen LogP contribution in [-0.4, -0.2) is 48.0 Å². The highest BCUT2D eigenvalue weighted by Gasteiger charge is 2.21. The second-order valence-electron chi connectivity index (χ2n) is 7.67. The Labute approximate surface area is 183 Å². The van der Waals surface area contributed by atoms with Crippen LogP contribution in [0.1, 0.15) is 33.3 Å². The molecule has 0 aliphatic heterocycles. The summed E-state index contributed by atoms with van der Waals surface area (Å²) in [5.41, 5.74) is 6.82. The van der Waals surface area contributed by atoms with Crippen molar-refractivity contribution in [3.63, 3.8) is 0 Å². The topological polar surface area (TPSA) is 114 Å². The molecule has 0 unspecified atom stereocenters. The minimum absolute atomic E-state index is 0.0590. The van der Waals surface area contributed by atoms with Crippen LogP contribution in [-0.2, 0) is 20.7 Å². The highest BCUT2D eigenvalue weighted by Crippen LogP contribution is 2.04. The van der Waals surface area contributed by atoms with Crippen LogP contribution in [0.5, 0.6) is 0 Å². The Morgan fingerprint density at radius 1 is 1.16 bits per heavy atom. The number of amides is 3. The van der Waals surface area contributed by atoms with E-state index in [4.69, 9.17) is 10.5 Å². The van der Waals surface area contributed by atoms with Crippen molar-refractivity contribution >= 4 is 24.6 Å². The largest absolute Gasteiger partial charge is 0.412 e. The Morgan fingerprint density at radius 3 is 2.39 bits per heavy atom. The van der Waals surface area contributed by atoms with Crippen LogP contribution in [0.3, 0.4) is 0 Å². The lowest BCUT2D eigenvalue weighted by Gasteiger charge is -2.18. The van der Waals surface area contributed by atoms with Gasteiger partial charge in [-0.2, -0.15) is 4.58 Å². The van der Waals surface area contributed by atoms with E-state index >= 15 is 0 Å². The molecule has 3 amide bonds. The first-order chi connectivity index (χ1) is 14.6. The predicted molar refractivity (Wildman–Crippen MR) is 120 cm³/mol. The number of hydrogen-bond donors (Lipinski definition) is 3. The van der Waals surface area contributed by atoms with Gasteiger partial charge in [0, 0.05) is 17.7 Å². The molecule has 0 spiro atoms. The Kier molecular flexibility index (Phi) is 10.7. The standard InChI is InChI=1S/C23H32N4O4/c1-16(2)20(21(24)28)26-22(29)17(3)10-9-13-27(5)15-31-23(30)25-18(4)14-19-11-7-6-8-12-19/h6-13,16,18,20H,5,14-15H2,1-4H3,(H3-,24,25,26,28,29,30)/p+1/b13-9-,17-10+/t18-,20-/m0/s1. The van der Waals surface area contributed by atoms with Gasteiger partial charge >= 0.3 is 6.09 Å². The van der Waals surface area contributed by atoms with Crippen molar-refractivity contribution in [2.24, 2.45) is 11.7 Å². The van der Waals surface area contributed by atoms with Crippen molar-refractivity contribution in [1.82, 2.24) is 10.6 Å². The number of hydrogen-bond acceptors (Lipinski definition) is 4. The van der Waals surface area contributed by atoms with Gasteiger partial charge in [-0.3, -0.25) is 9.59 Å². The molecule has 31 heavy (non-hydrogen) atoms. The second-order valence-corrected chi connectivity index (χ2v) is 7.67. The maximum absolute atomic E-state index is 12.2. The number of rotatable bonds is 11. The van der Waals surface area contributed by atoms with Crippen LogP contribution >= 0.6 is 0 Å². The van der Waals surface area contributed by atoms with Gasteiger partial charge in [0.25, 0.3) is 6.73 Å². The first-order valence-corrected chi connectivity index (χ1v) is 10.1. The smallest absolute Gasteiger partial charge is 0.388 e. The molecule has 0 saturated carbocycles. The molecule has 4 N–H and O–H groups in total. The Balaban J connectivity index is 2.42. The lowest BCUT2D eigenvalue weighted by Crippen LogP contribution is -2.47. The molecule has 8 nitrogen and oxygen atoms in total. The molecule has 0 bridgehead atoms. The Hall–Kier alpha value is -3.42. The lowest BCUT2D eigenvalue weighted by atomic mass is 10.0. The van der Waals surface area contributed by atoms with Crippen LogP contribution in [0, 0.1) is 5.92 Å². The van der Waals surface area contributed by atoms with E-state index in [1.54, 1.807) is 39.1 Å². The van der Waals surface area contributed by atoms with Crippen LogP contribution in [0.25, 0.3) is 0 Å². The zero-order valence-electron chi connectivity index (χ0n) is 18.6. The van der Waals surface area contributed by atoms with Gasteiger partial charge in [0.05, 0.1) is 0 Å². The Bertz CT molecular complexity index is 831. The van der Waals surface area contributed by atoms with E-state index in [2.05, 4.69) is 17.4 Å². The molecule has 0 aliphatic carbocycles. The first-order valence-electron chi connectivity index (χ1n) is 10.1. The number of benzene rings is 1. The fourth-order valence-electron chi connectivity index (χ4n) is 2.65. The van der Waals surface area contributed by atoms with Crippen molar-refractivity contribution in [2.45, 2.75) is 46.2 Å². The van der Waals surface area contributed by atoms with E-state index in [0.717, 1.165) is 5.56 Å². The van der Waals surface area contributed by atoms with Gasteiger partial charge in [-0.1, -0.05) is 44.2 Å². The fraction of sp³-hybridized carbons (Fsp3) is 0.391. The highest BCUT2D eigenvalue weighted by molar-refractivity contribution is 5.96. The molecular weight excluding hydrogens is 396 g/mol. The molecule has 1 rings (SSSR count). The minimum atomic E-state index is -0.736. The van der Waals surface area contributed by atoms with Gasteiger partial charge in [0.15, 0.2) is 6.20 Å². The van der Waals surface area contributed by atoms with E-state index in [-0.39, 0.29) is 24.6 Å². The number of primary amides is 1. The summed E-state index contributed by atoms with van der Waals surface area (Å²) >= 11 is 0. The molecule has 2 atom stereocenters. The average molecular weight is 430 g/mol. The van der Waals surface area contributed by atoms with Crippen molar-refractivity contribution < 1.29 is 23.7 Å². The van der Waals surface area contributed by atoms with Gasteiger partial charge < -0.3 is 21.1 Å². The average Bonchev–Trinajstić information content (AvgIpc) is 2.70. The summed E-state index contributed by atoms with van der Waals surface area (Å²) in [7, 11) is 0. The Morgan fingerprint density at radius 2 is 1.81 bits per heavy atom. The number of allylic oxidation sites excluding steroid dienone is 2. The van der Waals surface area contributed by atoms with Crippen molar-refractivity contribution in [3.8, 4) is 0 Å². The summed E-state index contributed by atoms with van der Waals surface area (Å²) < 4.78 is 6.54. The molecule has 1 aromatic carbocycles. The molecule has 0 aliphatic rings. The number of carbonyl (C=O) groups excluding carboxylic acids is 3. The van der Waals surface area contributed by atoms with Crippen LogP contribution in [0.4, 0.5) is 4.79 Å². The van der Waals surface area contributed by atoms with E-state index in [1.165, 1.54) is 4.58 Å². The molecule has 0 aromatic heterocycles. The quantitative estimate of drug-likeness (QED) is 0.164. The number of nitrogens with two attached hydrogens (primary N) is 1. The lowest BCUT2D eigenvalue weighted by molar-refractivity contribution is -0.488. The van der Waals surface area contributed by atoms with E-state index in [1.807, 2.05) is 37.3 Å². The molecular formula is C23H33N4O4+. The second kappa shape index (κ2) is 13.0. The minimum Gasteiger partial charge on any atom is -0.388 e. The van der Waals surface area contributed by atoms with E-state index in [0.29, 0.717) is 12.0 Å². The van der Waals surface area contributed by atoms with Crippen LogP contribution < -0.4 is 16.4 Å². The molecule has 1 aromatic rings.